The zero-order chi connectivity index (χ0) is 17.8. The molecule has 0 radical (unpaired) electrons. The van der Waals surface area contributed by atoms with E-state index in [1.807, 2.05) is 0 Å². The van der Waals surface area contributed by atoms with Gasteiger partial charge in [-0.05, 0) is 97.3 Å². The summed E-state index contributed by atoms with van der Waals surface area (Å²) in [5.41, 5.74) is 2.93. The van der Waals surface area contributed by atoms with Crippen molar-refractivity contribution in [2.45, 2.75) is 63.2 Å². The summed E-state index contributed by atoms with van der Waals surface area (Å²) in [5, 5.41) is 0. The van der Waals surface area contributed by atoms with Gasteiger partial charge in [-0.25, -0.2) is 0 Å². The van der Waals surface area contributed by atoms with E-state index in [9.17, 15) is 0 Å². The summed E-state index contributed by atoms with van der Waals surface area (Å²) in [6.45, 7) is 0. The molecule has 4 bridgehead atoms. The molecule has 6 atom stereocenters. The van der Waals surface area contributed by atoms with Crippen molar-refractivity contribution >= 4 is 0 Å². The minimum absolute atomic E-state index is 0.717. The fraction of sp³-hybridized carbons (Fsp3) is 0.538. The molecule has 2 aromatic rings. The van der Waals surface area contributed by atoms with Gasteiger partial charge in [-0.2, -0.15) is 0 Å². The van der Waals surface area contributed by atoms with E-state index in [1.54, 1.807) is 0 Å². The third-order valence-corrected chi connectivity index (χ3v) is 8.33. The Balaban J connectivity index is 1.32. The quantitative estimate of drug-likeness (QED) is 0.557. The molecular formula is C26H30O. The van der Waals surface area contributed by atoms with Gasteiger partial charge in [0.05, 0.1) is 0 Å². The molecule has 6 rings (SSSR count). The number of fused-ring (bicyclic) bond motifs is 4. The predicted molar refractivity (Wildman–Crippen MR) is 109 cm³/mol. The average molecular weight is 359 g/mol. The maximum absolute atomic E-state index is 6.68. The van der Waals surface area contributed by atoms with Crippen molar-refractivity contribution in [2.75, 3.05) is 0 Å². The zero-order valence-corrected chi connectivity index (χ0v) is 16.1. The highest BCUT2D eigenvalue weighted by Gasteiger charge is 2.42. The molecule has 4 aliphatic carbocycles. The number of rotatable bonds is 4. The predicted octanol–water partition coefficient (Wildman–Crippen LogP) is 7.29. The minimum Gasteiger partial charge on any atom is -0.457 e. The molecule has 27 heavy (non-hydrogen) atoms. The van der Waals surface area contributed by atoms with Crippen molar-refractivity contribution in [3.05, 3.63) is 59.7 Å². The molecule has 140 valence electrons. The Bertz CT molecular complexity index is 770. The van der Waals surface area contributed by atoms with Crippen LogP contribution >= 0.6 is 0 Å². The van der Waals surface area contributed by atoms with Crippen molar-refractivity contribution in [2.24, 2.45) is 23.7 Å². The molecule has 1 nitrogen and oxygen atoms in total. The van der Waals surface area contributed by atoms with Gasteiger partial charge >= 0.3 is 0 Å². The summed E-state index contributed by atoms with van der Waals surface area (Å²) in [5.74, 6) is 7.38. The fourth-order valence-electron chi connectivity index (χ4n) is 7.13. The maximum Gasteiger partial charge on any atom is 0.130 e. The van der Waals surface area contributed by atoms with Crippen LogP contribution in [0.5, 0.6) is 11.5 Å². The lowest BCUT2D eigenvalue weighted by Crippen LogP contribution is -2.11. The molecule has 4 saturated carbocycles. The van der Waals surface area contributed by atoms with Gasteiger partial charge < -0.3 is 4.74 Å². The molecule has 2 unspecified atom stereocenters. The number of hydrogen-bond donors (Lipinski definition) is 0. The average Bonchev–Trinajstić information content (AvgIpc) is 3.50. The number of ether oxygens (including phenoxy) is 1. The van der Waals surface area contributed by atoms with Crippen LogP contribution in [0.3, 0.4) is 0 Å². The van der Waals surface area contributed by atoms with Crippen molar-refractivity contribution in [3.63, 3.8) is 0 Å². The van der Waals surface area contributed by atoms with E-state index in [-0.39, 0.29) is 0 Å². The second kappa shape index (κ2) is 6.40. The third-order valence-electron chi connectivity index (χ3n) is 8.33. The number of para-hydroxylation sites is 2. The zero-order valence-electron chi connectivity index (χ0n) is 16.1. The van der Waals surface area contributed by atoms with Crippen LogP contribution in [0.15, 0.2) is 48.5 Å². The second-order valence-corrected chi connectivity index (χ2v) is 9.74. The van der Waals surface area contributed by atoms with Crippen molar-refractivity contribution in [3.8, 4) is 11.5 Å². The van der Waals surface area contributed by atoms with Crippen molar-refractivity contribution in [1.82, 2.24) is 0 Å². The summed E-state index contributed by atoms with van der Waals surface area (Å²) in [4.78, 5) is 0. The van der Waals surface area contributed by atoms with E-state index in [1.165, 1.54) is 62.5 Å². The Hall–Kier alpha value is -1.76. The molecular weight excluding hydrogens is 328 g/mol. The van der Waals surface area contributed by atoms with Gasteiger partial charge in [0, 0.05) is 0 Å². The first-order valence-electron chi connectivity index (χ1n) is 11.2. The highest BCUT2D eigenvalue weighted by Crippen LogP contribution is 2.56. The Morgan fingerprint density at radius 1 is 0.556 bits per heavy atom. The molecule has 0 spiro atoms. The lowest BCUT2D eigenvalue weighted by molar-refractivity contribution is 0.387. The molecule has 0 heterocycles. The van der Waals surface area contributed by atoms with Crippen LogP contribution in [0.1, 0.15) is 74.3 Å². The van der Waals surface area contributed by atoms with Gasteiger partial charge in [0.15, 0.2) is 0 Å². The van der Waals surface area contributed by atoms with E-state index in [2.05, 4.69) is 48.5 Å². The van der Waals surface area contributed by atoms with Crippen LogP contribution in [0, 0.1) is 23.7 Å². The highest BCUT2D eigenvalue weighted by molar-refractivity contribution is 5.45. The second-order valence-electron chi connectivity index (χ2n) is 9.74. The summed E-state index contributed by atoms with van der Waals surface area (Å²) < 4.78 is 6.68. The van der Waals surface area contributed by atoms with Crippen molar-refractivity contribution < 1.29 is 4.74 Å². The summed E-state index contributed by atoms with van der Waals surface area (Å²) in [6.07, 6.45) is 11.4. The first-order chi connectivity index (χ1) is 13.3. The molecule has 0 amide bonds. The molecule has 1 heteroatoms. The Kier molecular flexibility index (Phi) is 3.84. The van der Waals surface area contributed by atoms with Crippen LogP contribution in [0.2, 0.25) is 0 Å². The van der Waals surface area contributed by atoms with Crippen LogP contribution in [0.25, 0.3) is 0 Å². The van der Waals surface area contributed by atoms with Gasteiger partial charge in [-0.3, -0.25) is 0 Å². The number of benzene rings is 2. The van der Waals surface area contributed by atoms with E-state index < -0.39 is 0 Å². The lowest BCUT2D eigenvalue weighted by atomic mass is 9.82. The molecule has 0 aliphatic heterocycles. The molecule has 0 N–H and O–H groups in total. The van der Waals surface area contributed by atoms with Crippen LogP contribution in [0.4, 0.5) is 0 Å². The fourth-order valence-corrected chi connectivity index (χ4v) is 7.13. The Morgan fingerprint density at radius 2 is 1.04 bits per heavy atom. The van der Waals surface area contributed by atoms with Crippen molar-refractivity contribution in [1.29, 1.82) is 0 Å². The van der Waals surface area contributed by atoms with Crippen LogP contribution < -0.4 is 4.74 Å². The van der Waals surface area contributed by atoms with E-state index in [0.717, 1.165) is 47.0 Å². The molecule has 0 aromatic heterocycles. The molecule has 0 saturated heterocycles. The topological polar surface area (TPSA) is 9.23 Å². The monoisotopic (exact) mass is 358 g/mol. The van der Waals surface area contributed by atoms with Gasteiger partial charge in [-0.1, -0.05) is 49.2 Å². The smallest absolute Gasteiger partial charge is 0.130 e. The van der Waals surface area contributed by atoms with Gasteiger partial charge in [0.25, 0.3) is 0 Å². The molecule has 4 fully saturated rings. The van der Waals surface area contributed by atoms with Crippen LogP contribution in [-0.4, -0.2) is 0 Å². The first-order valence-corrected chi connectivity index (χ1v) is 11.2. The van der Waals surface area contributed by atoms with E-state index in [0.29, 0.717) is 0 Å². The molecule has 2 aromatic carbocycles. The normalized spacial score (nSPS) is 36.4. The Morgan fingerprint density at radius 3 is 1.44 bits per heavy atom. The molecule has 4 aliphatic rings. The maximum atomic E-state index is 6.68. The van der Waals surface area contributed by atoms with Crippen LogP contribution in [-0.2, 0) is 0 Å². The first kappa shape index (κ1) is 16.2. The SMILES string of the molecule is c1ccc(C2C[C@H]3CC[C@@H]2C3)c(Oc2ccccc2C2C[C@@H]3CC[C@H]2C3)c1. The van der Waals surface area contributed by atoms with E-state index >= 15 is 0 Å². The number of hydrogen-bond acceptors (Lipinski definition) is 1. The largest absolute Gasteiger partial charge is 0.457 e. The summed E-state index contributed by atoms with van der Waals surface area (Å²) >= 11 is 0. The minimum atomic E-state index is 0.717. The highest BCUT2D eigenvalue weighted by atomic mass is 16.5. The van der Waals surface area contributed by atoms with E-state index in [4.69, 9.17) is 4.74 Å². The summed E-state index contributed by atoms with van der Waals surface area (Å²) in [6, 6.07) is 17.8. The summed E-state index contributed by atoms with van der Waals surface area (Å²) in [7, 11) is 0. The van der Waals surface area contributed by atoms with Gasteiger partial charge in [0.2, 0.25) is 0 Å². The lowest BCUT2D eigenvalue weighted by Gasteiger charge is -2.26. The van der Waals surface area contributed by atoms with Gasteiger partial charge in [0.1, 0.15) is 11.5 Å². The van der Waals surface area contributed by atoms with Gasteiger partial charge in [-0.15, -0.1) is 0 Å². The third kappa shape index (κ3) is 2.73. The Labute approximate surface area is 163 Å². The standard InChI is InChI=1S/C26H30O/c1-3-7-25(21(5-1)23-15-17-9-11-19(23)13-17)27-26-8-4-2-6-22(26)24-16-18-10-12-20(24)14-18/h1-8,17-20,23-24H,9-16H2/t17-,18+,19+,20-,23?,24?.